The van der Waals surface area contributed by atoms with Gasteiger partial charge in [-0.3, -0.25) is 0 Å². The minimum absolute atomic E-state index is 0.173. The lowest BCUT2D eigenvalue weighted by Gasteiger charge is -2.01. The van der Waals surface area contributed by atoms with Crippen molar-refractivity contribution >= 4 is 15.9 Å². The molecule has 0 aliphatic rings. The summed E-state index contributed by atoms with van der Waals surface area (Å²) in [5, 5.41) is 8.38. The Hall–Kier alpha value is -0.950. The molecule has 0 radical (unpaired) electrons. The van der Waals surface area contributed by atoms with Crippen LogP contribution in [0.3, 0.4) is 0 Å². The molecule has 62 valence electrons. The van der Waals surface area contributed by atoms with Crippen LogP contribution in [0.25, 0.3) is 0 Å². The zero-order valence-corrected chi connectivity index (χ0v) is 7.74. The predicted octanol–water partition coefficient (Wildman–Crippen LogP) is 2.91. The summed E-state index contributed by atoms with van der Waals surface area (Å²) in [6.45, 7) is 1.43. The summed E-state index contributed by atoms with van der Waals surface area (Å²) in [5.41, 5.74) is -0.114. The van der Waals surface area contributed by atoms with Gasteiger partial charge in [0.25, 0.3) is 0 Å². The van der Waals surface area contributed by atoms with E-state index in [4.69, 9.17) is 5.26 Å². The average molecular weight is 232 g/mol. The molecule has 1 rings (SSSR count). The van der Waals surface area contributed by atoms with E-state index in [2.05, 4.69) is 15.9 Å². The maximum atomic E-state index is 12.9. The lowest BCUT2D eigenvalue weighted by molar-refractivity contribution is 0.500. The summed E-state index contributed by atoms with van der Waals surface area (Å²) in [5.74, 6) is -2.06. The van der Waals surface area contributed by atoms with Crippen LogP contribution in [0.5, 0.6) is 0 Å². The number of rotatable bonds is 0. The van der Waals surface area contributed by atoms with Gasteiger partial charge in [-0.1, -0.05) is 15.9 Å². The van der Waals surface area contributed by atoms with Crippen LogP contribution >= 0.6 is 15.9 Å². The first-order valence-electron chi connectivity index (χ1n) is 3.12. The Bertz CT molecular complexity index is 368. The second-order valence-electron chi connectivity index (χ2n) is 2.27. The third kappa shape index (κ3) is 1.32. The Morgan fingerprint density at radius 3 is 2.50 bits per heavy atom. The van der Waals surface area contributed by atoms with Gasteiger partial charge in [0.1, 0.15) is 6.07 Å². The van der Waals surface area contributed by atoms with Crippen molar-refractivity contribution in [2.45, 2.75) is 6.92 Å². The number of nitrogens with zero attached hydrogens (tertiary/aromatic N) is 1. The summed E-state index contributed by atoms with van der Waals surface area (Å²) in [6, 6.07) is 2.82. The van der Waals surface area contributed by atoms with Gasteiger partial charge in [0.15, 0.2) is 11.6 Å². The summed E-state index contributed by atoms with van der Waals surface area (Å²) >= 11 is 3.01. The van der Waals surface area contributed by atoms with E-state index >= 15 is 0 Å². The van der Waals surface area contributed by atoms with Crippen molar-refractivity contribution in [2.24, 2.45) is 0 Å². The molecule has 0 atom stereocenters. The van der Waals surface area contributed by atoms with E-state index in [1.807, 2.05) is 0 Å². The monoisotopic (exact) mass is 231 g/mol. The van der Waals surface area contributed by atoms with E-state index in [0.29, 0.717) is 4.47 Å². The third-order valence-electron chi connectivity index (χ3n) is 1.51. The minimum atomic E-state index is -1.08. The average Bonchev–Trinajstić information content (AvgIpc) is 2.08. The number of hydrogen-bond donors (Lipinski definition) is 0. The van der Waals surface area contributed by atoms with Crippen molar-refractivity contribution in [2.75, 3.05) is 0 Å². The highest BCUT2D eigenvalue weighted by atomic mass is 79.9. The maximum Gasteiger partial charge on any atom is 0.176 e. The van der Waals surface area contributed by atoms with Gasteiger partial charge < -0.3 is 0 Å². The molecule has 4 heteroatoms. The standard InChI is InChI=1S/C8H4BrF2N/c1-4-6(9)2-5(3-12)8(11)7(4)10/h2H,1H3. The van der Waals surface area contributed by atoms with E-state index in [1.54, 1.807) is 6.07 Å². The number of halogens is 3. The second kappa shape index (κ2) is 3.20. The van der Waals surface area contributed by atoms with Gasteiger partial charge >= 0.3 is 0 Å². The van der Waals surface area contributed by atoms with Crippen molar-refractivity contribution in [1.29, 1.82) is 5.26 Å². The highest BCUT2D eigenvalue weighted by molar-refractivity contribution is 9.10. The van der Waals surface area contributed by atoms with Crippen LogP contribution < -0.4 is 0 Å². The van der Waals surface area contributed by atoms with E-state index in [9.17, 15) is 8.78 Å². The highest BCUT2D eigenvalue weighted by Crippen LogP contribution is 2.23. The molecular formula is C8H4BrF2N. The van der Waals surface area contributed by atoms with Gasteiger partial charge in [-0.05, 0) is 13.0 Å². The van der Waals surface area contributed by atoms with Gasteiger partial charge in [0.2, 0.25) is 0 Å². The molecule has 12 heavy (non-hydrogen) atoms. The minimum Gasteiger partial charge on any atom is -0.203 e. The number of hydrogen-bond acceptors (Lipinski definition) is 1. The highest BCUT2D eigenvalue weighted by Gasteiger charge is 2.13. The SMILES string of the molecule is Cc1c(Br)cc(C#N)c(F)c1F. The van der Waals surface area contributed by atoms with Crippen LogP contribution in [-0.2, 0) is 0 Å². The first-order valence-corrected chi connectivity index (χ1v) is 3.91. The summed E-state index contributed by atoms with van der Waals surface area (Å²) in [6.07, 6.45) is 0. The molecule has 0 unspecified atom stereocenters. The van der Waals surface area contributed by atoms with Crippen LogP contribution in [0.1, 0.15) is 11.1 Å². The summed E-state index contributed by atoms with van der Waals surface area (Å²) in [7, 11) is 0. The van der Waals surface area contributed by atoms with E-state index in [0.717, 1.165) is 0 Å². The fourth-order valence-electron chi connectivity index (χ4n) is 0.767. The van der Waals surface area contributed by atoms with E-state index in [-0.39, 0.29) is 11.1 Å². The zero-order valence-electron chi connectivity index (χ0n) is 6.16. The molecule has 1 aromatic rings. The fourth-order valence-corrected chi connectivity index (χ4v) is 1.17. The van der Waals surface area contributed by atoms with Crippen LogP contribution in [0.4, 0.5) is 8.78 Å². The lowest BCUT2D eigenvalue weighted by atomic mass is 10.1. The van der Waals surface area contributed by atoms with Crippen molar-refractivity contribution in [1.82, 2.24) is 0 Å². The molecule has 0 N–H and O–H groups in total. The molecule has 1 nitrogen and oxygen atoms in total. The molecule has 0 amide bonds. The van der Waals surface area contributed by atoms with Crippen molar-refractivity contribution < 1.29 is 8.78 Å². The number of benzene rings is 1. The second-order valence-corrected chi connectivity index (χ2v) is 3.13. The molecule has 0 bridgehead atoms. The van der Waals surface area contributed by atoms with E-state index in [1.165, 1.54) is 13.0 Å². The Morgan fingerprint density at radius 2 is 2.00 bits per heavy atom. The van der Waals surface area contributed by atoms with Crippen molar-refractivity contribution in [3.05, 3.63) is 33.3 Å². The topological polar surface area (TPSA) is 23.8 Å². The van der Waals surface area contributed by atoms with Crippen LogP contribution in [0, 0.1) is 29.9 Å². The third-order valence-corrected chi connectivity index (χ3v) is 2.33. The first-order chi connectivity index (χ1) is 5.57. The van der Waals surface area contributed by atoms with Crippen LogP contribution in [0.2, 0.25) is 0 Å². The molecule has 0 heterocycles. The quantitative estimate of drug-likeness (QED) is 0.631. The molecule has 0 fully saturated rings. The molecular weight excluding hydrogens is 228 g/mol. The fraction of sp³-hybridized carbons (Fsp3) is 0.125. The Labute approximate surface area is 76.8 Å². The van der Waals surface area contributed by atoms with Crippen LogP contribution in [0.15, 0.2) is 10.5 Å². The van der Waals surface area contributed by atoms with Gasteiger partial charge in [-0.15, -0.1) is 0 Å². The lowest BCUT2D eigenvalue weighted by Crippen LogP contribution is -1.94. The zero-order chi connectivity index (χ0) is 9.30. The summed E-state index contributed by atoms with van der Waals surface area (Å²) in [4.78, 5) is 0. The molecule has 0 saturated carbocycles. The first kappa shape index (κ1) is 9.14. The number of nitriles is 1. The largest absolute Gasteiger partial charge is 0.203 e. The smallest absolute Gasteiger partial charge is 0.176 e. The van der Waals surface area contributed by atoms with Gasteiger partial charge in [-0.2, -0.15) is 5.26 Å². The molecule has 1 aromatic carbocycles. The van der Waals surface area contributed by atoms with Gasteiger partial charge in [-0.25, -0.2) is 8.78 Å². The summed E-state index contributed by atoms with van der Waals surface area (Å²) < 4.78 is 26.1. The van der Waals surface area contributed by atoms with Gasteiger partial charge in [0, 0.05) is 10.0 Å². The Morgan fingerprint density at radius 1 is 1.42 bits per heavy atom. The Balaban J connectivity index is 3.52. The molecule has 0 aromatic heterocycles. The maximum absolute atomic E-state index is 12.9. The predicted molar refractivity (Wildman–Crippen MR) is 43.5 cm³/mol. The van der Waals surface area contributed by atoms with Crippen molar-refractivity contribution in [3.8, 4) is 6.07 Å². The molecule has 0 spiro atoms. The molecule has 0 saturated heterocycles. The molecule has 0 aliphatic heterocycles. The van der Waals surface area contributed by atoms with E-state index < -0.39 is 11.6 Å². The molecule has 0 aliphatic carbocycles. The van der Waals surface area contributed by atoms with Crippen molar-refractivity contribution in [3.63, 3.8) is 0 Å². The Kier molecular flexibility index (Phi) is 2.43. The van der Waals surface area contributed by atoms with Gasteiger partial charge in [0.05, 0.1) is 5.56 Å². The van der Waals surface area contributed by atoms with Crippen LogP contribution in [-0.4, -0.2) is 0 Å². The normalized spacial score (nSPS) is 9.58.